The summed E-state index contributed by atoms with van der Waals surface area (Å²) in [6.07, 6.45) is 7.96. The van der Waals surface area contributed by atoms with E-state index in [9.17, 15) is 0 Å². The Bertz CT molecular complexity index is 484. The third-order valence-electron chi connectivity index (χ3n) is 3.49. The van der Waals surface area contributed by atoms with Crippen LogP contribution in [0.15, 0.2) is 36.7 Å². The number of pyridine rings is 1. The van der Waals surface area contributed by atoms with Gasteiger partial charge in [0.15, 0.2) is 0 Å². The zero-order valence-corrected chi connectivity index (χ0v) is 9.32. The van der Waals surface area contributed by atoms with Crippen molar-refractivity contribution in [2.75, 3.05) is 11.9 Å². The first-order valence-corrected chi connectivity index (χ1v) is 6.00. The smallest absolute Gasteiger partial charge is 0.0435 e. The number of hydrogen-bond donors (Lipinski definition) is 1. The molecule has 1 fully saturated rings. The van der Waals surface area contributed by atoms with Gasteiger partial charge in [-0.15, -0.1) is 0 Å². The number of nitrogens with zero attached hydrogens (tertiary/aromatic N) is 1. The van der Waals surface area contributed by atoms with Crippen molar-refractivity contribution >= 4 is 16.5 Å². The van der Waals surface area contributed by atoms with E-state index in [2.05, 4.69) is 34.6 Å². The van der Waals surface area contributed by atoms with Gasteiger partial charge in [0.1, 0.15) is 0 Å². The molecule has 0 bridgehead atoms. The van der Waals surface area contributed by atoms with Crippen LogP contribution in [0, 0.1) is 5.92 Å². The van der Waals surface area contributed by atoms with E-state index in [-0.39, 0.29) is 0 Å². The largest absolute Gasteiger partial charge is 0.384 e. The van der Waals surface area contributed by atoms with Gasteiger partial charge in [-0.05, 0) is 36.3 Å². The average molecular weight is 212 g/mol. The molecule has 2 aromatic rings. The van der Waals surface area contributed by atoms with Crippen LogP contribution < -0.4 is 5.32 Å². The van der Waals surface area contributed by atoms with Gasteiger partial charge in [0.25, 0.3) is 0 Å². The normalized spacial score (nSPS) is 16.0. The van der Waals surface area contributed by atoms with Crippen molar-refractivity contribution in [3.63, 3.8) is 0 Å². The molecule has 1 aromatic heterocycles. The van der Waals surface area contributed by atoms with Gasteiger partial charge in [-0.3, -0.25) is 4.98 Å². The lowest BCUT2D eigenvalue weighted by molar-refractivity contribution is 0.333. The number of nitrogens with one attached hydrogen (secondary N) is 1. The molecule has 16 heavy (non-hydrogen) atoms. The number of benzene rings is 1. The molecule has 3 rings (SSSR count). The summed E-state index contributed by atoms with van der Waals surface area (Å²) >= 11 is 0. The Labute approximate surface area is 95.7 Å². The second-order valence-electron chi connectivity index (χ2n) is 4.58. The predicted octanol–water partition coefficient (Wildman–Crippen LogP) is 3.45. The highest BCUT2D eigenvalue weighted by molar-refractivity contribution is 5.93. The molecule has 0 radical (unpaired) electrons. The summed E-state index contributed by atoms with van der Waals surface area (Å²) in [7, 11) is 0. The maximum Gasteiger partial charge on any atom is 0.0435 e. The van der Waals surface area contributed by atoms with Crippen LogP contribution >= 0.6 is 0 Å². The first-order chi connectivity index (χ1) is 7.93. The van der Waals surface area contributed by atoms with Crippen molar-refractivity contribution in [2.45, 2.75) is 19.3 Å². The summed E-state index contributed by atoms with van der Waals surface area (Å²) in [6.45, 7) is 1.11. The lowest BCUT2D eigenvalue weighted by Gasteiger charge is -2.26. The summed E-state index contributed by atoms with van der Waals surface area (Å²) in [6, 6.07) is 8.43. The van der Waals surface area contributed by atoms with Crippen LogP contribution in [-0.2, 0) is 0 Å². The lowest BCUT2D eigenvalue weighted by Crippen LogP contribution is -2.20. The van der Waals surface area contributed by atoms with Crippen molar-refractivity contribution in [2.24, 2.45) is 5.92 Å². The SMILES string of the molecule is c1cc(NCC2CCC2)c2cnccc2c1. The van der Waals surface area contributed by atoms with E-state index in [0.717, 1.165) is 12.5 Å². The maximum absolute atomic E-state index is 4.19. The van der Waals surface area contributed by atoms with Crippen molar-refractivity contribution in [1.29, 1.82) is 0 Å². The molecule has 0 aliphatic heterocycles. The Morgan fingerprint density at radius 1 is 1.25 bits per heavy atom. The summed E-state index contributed by atoms with van der Waals surface area (Å²) in [5.41, 5.74) is 1.22. The van der Waals surface area contributed by atoms with Crippen LogP contribution in [0.4, 0.5) is 5.69 Å². The van der Waals surface area contributed by atoms with E-state index < -0.39 is 0 Å². The lowest BCUT2D eigenvalue weighted by atomic mass is 9.85. The standard InChI is InChI=1S/C14H16N2/c1-3-11(4-1)9-16-14-6-2-5-12-7-8-15-10-13(12)14/h2,5-8,10-11,16H,1,3-4,9H2. The molecule has 1 heterocycles. The number of fused-ring (bicyclic) bond motifs is 1. The molecule has 1 aliphatic carbocycles. The number of hydrogen-bond acceptors (Lipinski definition) is 2. The monoisotopic (exact) mass is 212 g/mol. The number of anilines is 1. The minimum atomic E-state index is 0.881. The van der Waals surface area contributed by atoms with Crippen molar-refractivity contribution in [1.82, 2.24) is 4.98 Å². The van der Waals surface area contributed by atoms with Crippen molar-refractivity contribution < 1.29 is 0 Å². The Kier molecular flexibility index (Phi) is 2.49. The molecule has 0 saturated heterocycles. The fraction of sp³-hybridized carbons (Fsp3) is 0.357. The average Bonchev–Trinajstić information content (AvgIpc) is 2.27. The van der Waals surface area contributed by atoms with Crippen LogP contribution in [0.25, 0.3) is 10.8 Å². The summed E-state index contributed by atoms with van der Waals surface area (Å²) in [5, 5.41) is 6.03. The molecule has 0 spiro atoms. The van der Waals surface area contributed by atoms with Gasteiger partial charge >= 0.3 is 0 Å². The highest BCUT2D eigenvalue weighted by Gasteiger charge is 2.16. The van der Waals surface area contributed by atoms with E-state index in [1.165, 1.54) is 35.7 Å². The Morgan fingerprint density at radius 3 is 3.00 bits per heavy atom. The van der Waals surface area contributed by atoms with E-state index in [1.807, 2.05) is 12.4 Å². The molecule has 0 atom stereocenters. The number of aromatic nitrogens is 1. The van der Waals surface area contributed by atoms with Gasteiger partial charge in [0.2, 0.25) is 0 Å². The van der Waals surface area contributed by atoms with Gasteiger partial charge in [-0.1, -0.05) is 18.6 Å². The Morgan fingerprint density at radius 2 is 2.19 bits per heavy atom. The third-order valence-corrected chi connectivity index (χ3v) is 3.49. The molecule has 1 aromatic carbocycles. The fourth-order valence-electron chi connectivity index (χ4n) is 2.22. The van der Waals surface area contributed by atoms with Crippen LogP contribution in [0.5, 0.6) is 0 Å². The van der Waals surface area contributed by atoms with Crippen LogP contribution in [0.1, 0.15) is 19.3 Å². The van der Waals surface area contributed by atoms with Crippen LogP contribution in [0.2, 0.25) is 0 Å². The van der Waals surface area contributed by atoms with Gasteiger partial charge in [0, 0.05) is 30.0 Å². The molecule has 2 nitrogen and oxygen atoms in total. The first kappa shape index (κ1) is 9.64. The van der Waals surface area contributed by atoms with E-state index >= 15 is 0 Å². The minimum absolute atomic E-state index is 0.881. The number of rotatable bonds is 3. The van der Waals surface area contributed by atoms with Crippen molar-refractivity contribution in [3.8, 4) is 0 Å². The first-order valence-electron chi connectivity index (χ1n) is 6.00. The molecule has 2 heteroatoms. The van der Waals surface area contributed by atoms with Gasteiger partial charge in [0.05, 0.1) is 0 Å². The van der Waals surface area contributed by atoms with Gasteiger partial charge in [-0.25, -0.2) is 0 Å². The summed E-state index contributed by atoms with van der Waals surface area (Å²) < 4.78 is 0. The predicted molar refractivity (Wildman–Crippen MR) is 67.6 cm³/mol. The molecule has 82 valence electrons. The highest BCUT2D eigenvalue weighted by Crippen LogP contribution is 2.28. The summed E-state index contributed by atoms with van der Waals surface area (Å²) in [5.74, 6) is 0.881. The molecule has 1 N–H and O–H groups in total. The van der Waals surface area contributed by atoms with Crippen LogP contribution in [-0.4, -0.2) is 11.5 Å². The van der Waals surface area contributed by atoms with E-state index in [4.69, 9.17) is 0 Å². The topological polar surface area (TPSA) is 24.9 Å². The van der Waals surface area contributed by atoms with E-state index in [0.29, 0.717) is 0 Å². The zero-order valence-electron chi connectivity index (χ0n) is 9.32. The molecule has 0 amide bonds. The second kappa shape index (κ2) is 4.12. The molecule has 1 aliphatic rings. The highest BCUT2D eigenvalue weighted by atomic mass is 14.9. The molecular formula is C14H16N2. The zero-order chi connectivity index (χ0) is 10.8. The van der Waals surface area contributed by atoms with Crippen LogP contribution in [0.3, 0.4) is 0 Å². The molecular weight excluding hydrogens is 196 g/mol. The van der Waals surface area contributed by atoms with E-state index in [1.54, 1.807) is 0 Å². The molecule has 0 unspecified atom stereocenters. The minimum Gasteiger partial charge on any atom is -0.384 e. The third kappa shape index (κ3) is 1.75. The fourth-order valence-corrected chi connectivity index (χ4v) is 2.22. The summed E-state index contributed by atoms with van der Waals surface area (Å²) in [4.78, 5) is 4.19. The maximum atomic E-state index is 4.19. The molecule has 1 saturated carbocycles. The second-order valence-corrected chi connectivity index (χ2v) is 4.58. The van der Waals surface area contributed by atoms with Crippen molar-refractivity contribution in [3.05, 3.63) is 36.7 Å². The Balaban J connectivity index is 1.84. The quantitative estimate of drug-likeness (QED) is 0.843. The van der Waals surface area contributed by atoms with Gasteiger partial charge in [-0.2, -0.15) is 0 Å². The Hall–Kier alpha value is -1.57. The van der Waals surface area contributed by atoms with Gasteiger partial charge < -0.3 is 5.32 Å².